The molecule has 0 radical (unpaired) electrons. The number of fused-ring (bicyclic) bond motifs is 1. The van der Waals surface area contributed by atoms with E-state index in [-0.39, 0.29) is 56.1 Å². The molecule has 3 aromatic rings. The summed E-state index contributed by atoms with van der Waals surface area (Å²) in [6.45, 7) is 12.0. The van der Waals surface area contributed by atoms with Gasteiger partial charge < -0.3 is 38.8 Å². The monoisotopic (exact) mass is 804 g/mol. The topological polar surface area (TPSA) is 164 Å². The third-order valence-electron chi connectivity index (χ3n) is 9.72. The van der Waals surface area contributed by atoms with E-state index in [0.29, 0.717) is 37.3 Å². The van der Waals surface area contributed by atoms with Crippen LogP contribution in [0.1, 0.15) is 97.6 Å². The largest absolute Gasteiger partial charge is 0.514 e. The molecule has 1 aliphatic carbocycles. The van der Waals surface area contributed by atoms with Crippen molar-refractivity contribution in [3.8, 4) is 22.8 Å². The molecule has 0 bridgehead atoms. The number of anilines is 1. The predicted molar refractivity (Wildman–Crippen MR) is 218 cm³/mol. The van der Waals surface area contributed by atoms with Crippen LogP contribution in [0.15, 0.2) is 42.6 Å². The van der Waals surface area contributed by atoms with E-state index in [1.165, 1.54) is 0 Å². The standard InChI is InChI=1S/C43H60N6O9/c1-42(2,3)57-40(52)48(22-19-31-17-18-35(56-41(53)58-43(4,5)6)38-39(31)55-29-36(50)44-38)23-24-49(33-15-10-8-9-11-16-33)37(51)21-26-54-25-20-30-13-12-14-32(27-30)34-28-47(7)46-45-34/h12-14,17-18,27-28,33H,8-11,15-16,19-26,29H2,1-7H3,(H,44,50). The van der Waals surface area contributed by atoms with Crippen LogP contribution < -0.4 is 14.8 Å². The Bertz CT molecular complexity index is 1870. The third kappa shape index (κ3) is 13.5. The van der Waals surface area contributed by atoms with Crippen molar-refractivity contribution < 1.29 is 42.9 Å². The van der Waals surface area contributed by atoms with Crippen LogP contribution in [0.4, 0.5) is 15.3 Å². The summed E-state index contributed by atoms with van der Waals surface area (Å²) in [5, 5.41) is 11.0. The molecule has 15 nitrogen and oxygen atoms in total. The SMILES string of the molecule is Cn1cc(-c2cccc(CCOCCC(=O)N(CCN(CCc3ccc(OC(=O)OC(C)(C)C)c4c3OCC(=O)N4)C(=O)OC(C)(C)C)C3CCCCCC3)c2)nn1. The lowest BCUT2D eigenvalue weighted by Gasteiger charge is -2.34. The number of aryl methyl sites for hydroxylation is 1. The number of carbonyl (C=O) groups excluding carboxylic acids is 4. The zero-order chi connectivity index (χ0) is 41.9. The van der Waals surface area contributed by atoms with Gasteiger partial charge >= 0.3 is 12.2 Å². The summed E-state index contributed by atoms with van der Waals surface area (Å²) in [5.74, 6) is 0.0315. The van der Waals surface area contributed by atoms with E-state index in [1.807, 2.05) is 57.1 Å². The summed E-state index contributed by atoms with van der Waals surface area (Å²) in [6, 6.07) is 11.5. The second kappa shape index (κ2) is 20.0. The van der Waals surface area contributed by atoms with Gasteiger partial charge in [0.05, 0.1) is 25.8 Å². The van der Waals surface area contributed by atoms with Crippen LogP contribution in [0.5, 0.6) is 11.5 Å². The molecule has 1 aliphatic heterocycles. The number of nitrogens with zero attached hydrogens (tertiary/aromatic N) is 5. The van der Waals surface area contributed by atoms with Crippen LogP contribution in [0, 0.1) is 0 Å². The minimum Gasteiger partial charge on any atom is -0.481 e. The van der Waals surface area contributed by atoms with Gasteiger partial charge in [-0.2, -0.15) is 0 Å². The molecule has 0 unspecified atom stereocenters. The van der Waals surface area contributed by atoms with Gasteiger partial charge in [0.1, 0.15) is 22.6 Å². The average Bonchev–Trinajstić information content (AvgIpc) is 3.41. The number of nitrogens with one attached hydrogen (secondary N) is 1. The van der Waals surface area contributed by atoms with E-state index >= 15 is 0 Å². The lowest BCUT2D eigenvalue weighted by Crippen LogP contribution is -2.47. The average molecular weight is 805 g/mol. The Morgan fingerprint density at radius 2 is 1.66 bits per heavy atom. The van der Waals surface area contributed by atoms with E-state index in [1.54, 1.807) is 42.5 Å². The van der Waals surface area contributed by atoms with Gasteiger partial charge in [-0.3, -0.25) is 14.3 Å². The van der Waals surface area contributed by atoms with Crippen LogP contribution in [0.3, 0.4) is 0 Å². The van der Waals surface area contributed by atoms with Gasteiger partial charge in [-0.25, -0.2) is 9.59 Å². The molecule has 1 fully saturated rings. The van der Waals surface area contributed by atoms with E-state index in [9.17, 15) is 19.2 Å². The van der Waals surface area contributed by atoms with Crippen LogP contribution >= 0.6 is 0 Å². The minimum absolute atomic E-state index is 0.000486. The maximum atomic E-state index is 14.0. The fourth-order valence-electron chi connectivity index (χ4n) is 6.99. The van der Waals surface area contributed by atoms with Crippen molar-refractivity contribution >= 4 is 29.8 Å². The van der Waals surface area contributed by atoms with Gasteiger partial charge in [0.15, 0.2) is 18.1 Å². The van der Waals surface area contributed by atoms with Crippen molar-refractivity contribution in [2.45, 2.75) is 117 Å². The van der Waals surface area contributed by atoms with Gasteiger partial charge in [-0.15, -0.1) is 5.10 Å². The highest BCUT2D eigenvalue weighted by atomic mass is 16.7. The molecule has 0 atom stereocenters. The van der Waals surface area contributed by atoms with Gasteiger partial charge in [-0.05, 0) is 90.5 Å². The third-order valence-corrected chi connectivity index (χ3v) is 9.72. The highest BCUT2D eigenvalue weighted by Crippen LogP contribution is 2.40. The van der Waals surface area contributed by atoms with Crippen molar-refractivity contribution in [1.82, 2.24) is 24.8 Å². The summed E-state index contributed by atoms with van der Waals surface area (Å²) < 4.78 is 30.1. The Labute approximate surface area is 341 Å². The molecule has 1 aromatic heterocycles. The second-order valence-corrected chi connectivity index (χ2v) is 16.9. The summed E-state index contributed by atoms with van der Waals surface area (Å²) >= 11 is 0. The molecule has 2 heterocycles. The van der Waals surface area contributed by atoms with Crippen LogP contribution in [0.25, 0.3) is 11.3 Å². The van der Waals surface area contributed by atoms with Crippen molar-refractivity contribution in [2.24, 2.45) is 7.05 Å². The Morgan fingerprint density at radius 3 is 2.34 bits per heavy atom. The first-order valence-corrected chi connectivity index (χ1v) is 20.3. The van der Waals surface area contributed by atoms with E-state index in [4.69, 9.17) is 23.7 Å². The van der Waals surface area contributed by atoms with Crippen molar-refractivity contribution in [3.05, 3.63) is 53.7 Å². The molecule has 1 N–H and O–H groups in total. The molecule has 1 saturated carbocycles. The van der Waals surface area contributed by atoms with Gasteiger partial charge in [0, 0.05) is 38.3 Å². The number of carbonyl (C=O) groups is 4. The number of amides is 3. The van der Waals surface area contributed by atoms with Crippen LogP contribution in [-0.2, 0) is 43.7 Å². The fourth-order valence-corrected chi connectivity index (χ4v) is 6.99. The van der Waals surface area contributed by atoms with Crippen LogP contribution in [-0.4, -0.2) is 106 Å². The summed E-state index contributed by atoms with van der Waals surface area (Å²) in [4.78, 5) is 56.0. The first-order chi connectivity index (χ1) is 27.5. The van der Waals surface area contributed by atoms with Crippen LogP contribution in [0.2, 0.25) is 0 Å². The number of aromatic nitrogens is 3. The molecule has 316 valence electrons. The molecular weight excluding hydrogens is 745 g/mol. The van der Waals surface area contributed by atoms with Crippen molar-refractivity contribution in [3.63, 3.8) is 0 Å². The minimum atomic E-state index is -0.918. The predicted octanol–water partition coefficient (Wildman–Crippen LogP) is 7.11. The molecule has 3 amide bonds. The second-order valence-electron chi connectivity index (χ2n) is 16.9. The maximum absolute atomic E-state index is 14.0. The highest BCUT2D eigenvalue weighted by Gasteiger charge is 2.30. The Balaban J connectivity index is 1.24. The van der Waals surface area contributed by atoms with Crippen molar-refractivity contribution in [2.75, 3.05) is 44.8 Å². The summed E-state index contributed by atoms with van der Waals surface area (Å²) in [5.41, 5.74) is 2.29. The first kappa shape index (κ1) is 43.9. The Kier molecular flexibility index (Phi) is 15.1. The molecular formula is C43H60N6O9. The molecule has 15 heteroatoms. The van der Waals surface area contributed by atoms with E-state index in [0.717, 1.165) is 55.3 Å². The fraction of sp³-hybridized carbons (Fsp3) is 0.581. The Hall–Kier alpha value is -5.18. The number of benzene rings is 2. The number of ether oxygens (including phenoxy) is 5. The number of hydrogen-bond acceptors (Lipinski definition) is 11. The molecule has 58 heavy (non-hydrogen) atoms. The molecule has 0 saturated heterocycles. The molecule has 2 aromatic carbocycles. The summed E-state index contributed by atoms with van der Waals surface area (Å²) in [7, 11) is 1.84. The number of rotatable bonds is 15. The smallest absolute Gasteiger partial charge is 0.481 e. The number of hydrogen-bond donors (Lipinski definition) is 1. The van der Waals surface area contributed by atoms with Crippen molar-refractivity contribution in [1.29, 1.82) is 0 Å². The van der Waals surface area contributed by atoms with E-state index in [2.05, 4.69) is 21.7 Å². The lowest BCUT2D eigenvalue weighted by molar-refractivity contribution is -0.135. The zero-order valence-corrected chi connectivity index (χ0v) is 35.1. The summed E-state index contributed by atoms with van der Waals surface area (Å²) in [6.07, 6.45) is 7.90. The van der Waals surface area contributed by atoms with Gasteiger partial charge in [0.25, 0.3) is 5.91 Å². The quantitative estimate of drug-likeness (QED) is 0.0721. The molecule has 2 aliphatic rings. The zero-order valence-electron chi connectivity index (χ0n) is 35.1. The highest BCUT2D eigenvalue weighted by molar-refractivity contribution is 5.98. The lowest BCUT2D eigenvalue weighted by atomic mass is 10.1. The van der Waals surface area contributed by atoms with E-state index < -0.39 is 29.4 Å². The molecule has 0 spiro atoms. The Morgan fingerprint density at radius 1 is 0.914 bits per heavy atom. The van der Waals surface area contributed by atoms with Gasteiger partial charge in [0.2, 0.25) is 5.91 Å². The normalized spacial score (nSPS) is 14.7. The maximum Gasteiger partial charge on any atom is 0.514 e. The first-order valence-electron chi connectivity index (χ1n) is 20.3. The molecule has 5 rings (SSSR count). The van der Waals surface area contributed by atoms with Gasteiger partial charge in [-0.1, -0.05) is 55.2 Å².